The maximum Gasteiger partial charge on any atom is 0.258 e. The van der Waals surface area contributed by atoms with E-state index < -0.39 is 0 Å². The normalized spacial score (nSPS) is 12.9. The van der Waals surface area contributed by atoms with Crippen LogP contribution in [-0.4, -0.2) is 4.57 Å². The second-order valence-corrected chi connectivity index (χ2v) is 4.09. The third-order valence-corrected chi connectivity index (χ3v) is 3.07. The number of anilines is 1. The topological polar surface area (TPSA) is 48.0 Å². The molecule has 1 atom stereocenters. The summed E-state index contributed by atoms with van der Waals surface area (Å²) in [6, 6.07) is 7.60. The van der Waals surface area contributed by atoms with E-state index in [0.717, 1.165) is 11.8 Å². The lowest BCUT2D eigenvalue weighted by Gasteiger charge is -2.13. The van der Waals surface area contributed by atoms with Crippen molar-refractivity contribution < 1.29 is 0 Å². The van der Waals surface area contributed by atoms with Crippen molar-refractivity contribution in [2.75, 3.05) is 5.73 Å². The molecule has 0 saturated carbocycles. The van der Waals surface area contributed by atoms with Gasteiger partial charge in [-0.15, -0.1) is 0 Å². The van der Waals surface area contributed by atoms with E-state index >= 15 is 0 Å². The summed E-state index contributed by atoms with van der Waals surface area (Å²) in [7, 11) is 0. The summed E-state index contributed by atoms with van der Waals surface area (Å²) in [5.74, 6) is 0. The maximum absolute atomic E-state index is 12.2. The van der Waals surface area contributed by atoms with E-state index in [0.29, 0.717) is 11.1 Å². The molecule has 2 N–H and O–H groups in total. The lowest BCUT2D eigenvalue weighted by Crippen LogP contribution is -2.22. The zero-order valence-electron chi connectivity index (χ0n) is 9.60. The minimum atomic E-state index is 0.0409. The predicted octanol–water partition coefficient (Wildman–Crippen LogP) is 2.55. The van der Waals surface area contributed by atoms with Gasteiger partial charge in [-0.3, -0.25) is 4.79 Å². The van der Waals surface area contributed by atoms with Gasteiger partial charge in [0.25, 0.3) is 5.56 Å². The molecule has 1 aromatic heterocycles. The van der Waals surface area contributed by atoms with Gasteiger partial charge in [-0.1, -0.05) is 13.0 Å². The molecule has 2 aromatic rings. The molecule has 0 spiro atoms. The van der Waals surface area contributed by atoms with Gasteiger partial charge in [-0.2, -0.15) is 0 Å². The molecule has 3 heteroatoms. The minimum Gasteiger partial charge on any atom is -0.398 e. The average molecular weight is 216 g/mol. The number of nitrogens with zero attached hydrogens (tertiary/aromatic N) is 1. The van der Waals surface area contributed by atoms with Crippen molar-refractivity contribution >= 4 is 16.5 Å². The Morgan fingerprint density at radius 1 is 1.31 bits per heavy atom. The lowest BCUT2D eigenvalue weighted by molar-refractivity contribution is 0.517. The Balaban J connectivity index is 2.76. The van der Waals surface area contributed by atoms with Gasteiger partial charge in [0.2, 0.25) is 0 Å². The van der Waals surface area contributed by atoms with Gasteiger partial charge in [0.05, 0.1) is 0 Å². The molecule has 1 heterocycles. The van der Waals surface area contributed by atoms with Gasteiger partial charge >= 0.3 is 0 Å². The molecule has 3 nitrogen and oxygen atoms in total. The van der Waals surface area contributed by atoms with Gasteiger partial charge in [0, 0.05) is 28.7 Å². The first-order valence-electron chi connectivity index (χ1n) is 5.54. The van der Waals surface area contributed by atoms with Crippen LogP contribution in [0.1, 0.15) is 26.3 Å². The van der Waals surface area contributed by atoms with Gasteiger partial charge < -0.3 is 10.3 Å². The third-order valence-electron chi connectivity index (χ3n) is 3.07. The molecule has 1 aromatic carbocycles. The second-order valence-electron chi connectivity index (χ2n) is 4.09. The number of hydrogen-bond donors (Lipinski definition) is 1. The van der Waals surface area contributed by atoms with Crippen LogP contribution in [0.2, 0.25) is 0 Å². The molecular weight excluding hydrogens is 200 g/mol. The van der Waals surface area contributed by atoms with E-state index in [2.05, 4.69) is 6.92 Å². The first kappa shape index (κ1) is 10.7. The van der Waals surface area contributed by atoms with Crippen molar-refractivity contribution in [3.63, 3.8) is 0 Å². The second kappa shape index (κ2) is 4.00. The molecule has 0 fully saturated rings. The Bertz CT molecular complexity index is 572. The molecule has 0 aliphatic carbocycles. The van der Waals surface area contributed by atoms with Crippen molar-refractivity contribution in [3.8, 4) is 0 Å². The van der Waals surface area contributed by atoms with Crippen molar-refractivity contribution in [1.82, 2.24) is 4.57 Å². The summed E-state index contributed by atoms with van der Waals surface area (Å²) < 4.78 is 1.77. The number of hydrogen-bond acceptors (Lipinski definition) is 2. The van der Waals surface area contributed by atoms with E-state index in [1.165, 1.54) is 0 Å². The van der Waals surface area contributed by atoms with Crippen molar-refractivity contribution in [2.24, 2.45) is 0 Å². The van der Waals surface area contributed by atoms with E-state index in [-0.39, 0.29) is 11.6 Å². The van der Waals surface area contributed by atoms with Crippen LogP contribution in [0.3, 0.4) is 0 Å². The average Bonchev–Trinajstić information content (AvgIpc) is 2.30. The number of nitrogen functional groups attached to an aromatic ring is 1. The molecule has 0 aliphatic heterocycles. The molecule has 0 saturated heterocycles. The van der Waals surface area contributed by atoms with E-state index in [4.69, 9.17) is 5.73 Å². The van der Waals surface area contributed by atoms with Gasteiger partial charge in [-0.05, 0) is 31.5 Å². The Kier molecular flexibility index (Phi) is 2.69. The number of fused-ring (bicyclic) bond motifs is 1. The van der Waals surface area contributed by atoms with E-state index in [1.54, 1.807) is 4.57 Å². The maximum atomic E-state index is 12.2. The standard InChI is InChI=1S/C13H16N2O/c1-3-9(2)15-8-7-10-11(13(15)16)5-4-6-12(10)14/h4-9H,3,14H2,1-2H3/t9-/m0/s1. The monoisotopic (exact) mass is 216 g/mol. The van der Waals surface area contributed by atoms with Crippen LogP contribution < -0.4 is 11.3 Å². The van der Waals surface area contributed by atoms with Crippen LogP contribution in [-0.2, 0) is 0 Å². The Labute approximate surface area is 94.5 Å². The summed E-state index contributed by atoms with van der Waals surface area (Å²) in [5.41, 5.74) is 6.53. The Morgan fingerprint density at radius 2 is 2.06 bits per heavy atom. The largest absolute Gasteiger partial charge is 0.398 e. The number of nitrogens with two attached hydrogens (primary N) is 1. The van der Waals surface area contributed by atoms with Gasteiger partial charge in [0.1, 0.15) is 0 Å². The molecule has 16 heavy (non-hydrogen) atoms. The highest BCUT2D eigenvalue weighted by molar-refractivity contribution is 5.91. The van der Waals surface area contributed by atoms with Crippen molar-refractivity contribution in [3.05, 3.63) is 40.8 Å². The van der Waals surface area contributed by atoms with E-state index in [1.807, 2.05) is 37.4 Å². The van der Waals surface area contributed by atoms with Gasteiger partial charge in [0.15, 0.2) is 0 Å². The van der Waals surface area contributed by atoms with Crippen LogP contribution in [0.5, 0.6) is 0 Å². The van der Waals surface area contributed by atoms with Crippen LogP contribution in [0, 0.1) is 0 Å². The number of pyridine rings is 1. The molecular formula is C13H16N2O. The van der Waals surface area contributed by atoms with Crippen LogP contribution in [0.15, 0.2) is 35.3 Å². The summed E-state index contributed by atoms with van der Waals surface area (Å²) in [5, 5.41) is 1.54. The van der Waals surface area contributed by atoms with E-state index in [9.17, 15) is 4.79 Å². The highest BCUT2D eigenvalue weighted by Gasteiger charge is 2.08. The number of aromatic nitrogens is 1. The summed E-state index contributed by atoms with van der Waals surface area (Å²) in [6.07, 6.45) is 2.77. The molecule has 84 valence electrons. The summed E-state index contributed by atoms with van der Waals surface area (Å²) in [6.45, 7) is 4.11. The smallest absolute Gasteiger partial charge is 0.258 e. The molecule has 0 radical (unpaired) electrons. The molecule has 0 aliphatic rings. The zero-order chi connectivity index (χ0) is 11.7. The van der Waals surface area contributed by atoms with Crippen LogP contribution in [0.4, 0.5) is 5.69 Å². The van der Waals surface area contributed by atoms with Crippen LogP contribution in [0.25, 0.3) is 10.8 Å². The molecule has 2 rings (SSSR count). The van der Waals surface area contributed by atoms with Gasteiger partial charge in [-0.25, -0.2) is 0 Å². The first-order chi connectivity index (χ1) is 7.65. The predicted molar refractivity (Wildman–Crippen MR) is 67.6 cm³/mol. The summed E-state index contributed by atoms with van der Waals surface area (Å²) >= 11 is 0. The fourth-order valence-corrected chi connectivity index (χ4v) is 1.86. The highest BCUT2D eigenvalue weighted by atomic mass is 16.1. The first-order valence-corrected chi connectivity index (χ1v) is 5.54. The fourth-order valence-electron chi connectivity index (χ4n) is 1.86. The minimum absolute atomic E-state index is 0.0409. The number of rotatable bonds is 2. The number of benzene rings is 1. The highest BCUT2D eigenvalue weighted by Crippen LogP contribution is 2.18. The van der Waals surface area contributed by atoms with Crippen LogP contribution >= 0.6 is 0 Å². The third kappa shape index (κ3) is 1.58. The van der Waals surface area contributed by atoms with Crippen molar-refractivity contribution in [2.45, 2.75) is 26.3 Å². The summed E-state index contributed by atoms with van der Waals surface area (Å²) in [4.78, 5) is 12.2. The Hall–Kier alpha value is -1.77. The van der Waals surface area contributed by atoms with Crippen molar-refractivity contribution in [1.29, 1.82) is 0 Å². The Morgan fingerprint density at radius 3 is 2.75 bits per heavy atom. The SMILES string of the molecule is CC[C@H](C)n1ccc2c(N)cccc2c1=O. The molecule has 0 bridgehead atoms. The quantitative estimate of drug-likeness (QED) is 0.784. The fraction of sp³-hybridized carbons (Fsp3) is 0.308. The molecule has 0 amide bonds. The lowest BCUT2D eigenvalue weighted by atomic mass is 10.1. The zero-order valence-corrected chi connectivity index (χ0v) is 9.60. The molecule has 0 unspecified atom stereocenters.